The summed E-state index contributed by atoms with van der Waals surface area (Å²) in [5, 5.41) is 4.05. The lowest BCUT2D eigenvalue weighted by atomic mass is 10.1. The van der Waals surface area contributed by atoms with Crippen LogP contribution in [0.2, 0.25) is 0 Å². The first-order valence-electron chi connectivity index (χ1n) is 8.39. The van der Waals surface area contributed by atoms with Crippen LogP contribution in [0.4, 0.5) is 5.69 Å². The van der Waals surface area contributed by atoms with E-state index in [1.165, 1.54) is 28.0 Å². The molecule has 0 spiro atoms. The molecule has 0 N–H and O–H groups in total. The number of benzene rings is 2. The Balaban J connectivity index is 1.88. The predicted octanol–water partition coefficient (Wildman–Crippen LogP) is 5.33. The topological polar surface area (TPSA) is 37.4 Å². The van der Waals surface area contributed by atoms with E-state index >= 15 is 0 Å². The molecule has 0 radical (unpaired) electrons. The fourth-order valence-electron chi connectivity index (χ4n) is 3.11. The van der Waals surface area contributed by atoms with Crippen LogP contribution in [0.5, 0.6) is 0 Å². The van der Waals surface area contributed by atoms with E-state index in [2.05, 4.69) is 0 Å². The Morgan fingerprint density at radius 1 is 0.923 bits per heavy atom. The van der Waals surface area contributed by atoms with Crippen molar-refractivity contribution in [2.75, 3.05) is 4.90 Å². The van der Waals surface area contributed by atoms with Gasteiger partial charge in [-0.05, 0) is 22.9 Å². The van der Waals surface area contributed by atoms with Crippen LogP contribution in [0.25, 0.3) is 16.3 Å². The first-order chi connectivity index (χ1) is 12.6. The normalized spacial score (nSPS) is 15.0. The predicted molar refractivity (Wildman–Crippen MR) is 110 cm³/mol. The number of fused-ring (bicyclic) bond motifs is 1. The van der Waals surface area contributed by atoms with Crippen molar-refractivity contribution in [2.24, 2.45) is 0 Å². The summed E-state index contributed by atoms with van der Waals surface area (Å²) >= 11 is 2.95. The van der Waals surface area contributed by atoms with Crippen molar-refractivity contribution >= 4 is 56.9 Å². The number of hydrogen-bond donors (Lipinski definition) is 0. The van der Waals surface area contributed by atoms with Gasteiger partial charge in [0.1, 0.15) is 0 Å². The fraction of sp³-hybridized carbons (Fsp3) is 0.143. The van der Waals surface area contributed by atoms with Gasteiger partial charge >= 0.3 is 0 Å². The molecule has 26 heavy (non-hydrogen) atoms. The number of rotatable bonds is 4. The Labute approximate surface area is 160 Å². The van der Waals surface area contributed by atoms with E-state index in [1.807, 2.05) is 73.8 Å². The second kappa shape index (κ2) is 6.74. The van der Waals surface area contributed by atoms with Crippen LogP contribution in [0, 0.1) is 0 Å². The molecular formula is C21H17NO2S2. The maximum Gasteiger partial charge on any atom is 0.272 e. The van der Waals surface area contributed by atoms with Crippen LogP contribution in [0.15, 0.2) is 64.9 Å². The molecule has 0 atom stereocenters. The highest BCUT2D eigenvalue weighted by Crippen LogP contribution is 2.42. The number of amides is 2. The molecule has 1 aliphatic heterocycles. The molecule has 2 heterocycles. The molecule has 0 fully saturated rings. The standard InChI is InChI=1S/C21H17NO2S2/c1-13(2)26-19-18(17-11-6-12-25-17)20(23)22(21(19)24)16-10-5-8-14-7-3-4-9-15(14)16/h3-13H,1-2H3. The van der Waals surface area contributed by atoms with E-state index in [-0.39, 0.29) is 17.1 Å². The Morgan fingerprint density at radius 2 is 1.69 bits per heavy atom. The van der Waals surface area contributed by atoms with Crippen molar-refractivity contribution in [2.45, 2.75) is 19.1 Å². The molecule has 3 nitrogen and oxygen atoms in total. The third-order valence-corrected chi connectivity index (χ3v) is 6.14. The number of thiophene rings is 1. The first kappa shape index (κ1) is 17.1. The summed E-state index contributed by atoms with van der Waals surface area (Å²) in [7, 11) is 0. The molecule has 2 aromatic carbocycles. The molecule has 0 aliphatic carbocycles. The minimum atomic E-state index is -0.239. The van der Waals surface area contributed by atoms with Gasteiger partial charge in [0, 0.05) is 15.5 Å². The third-order valence-electron chi connectivity index (χ3n) is 4.17. The minimum Gasteiger partial charge on any atom is -0.268 e. The highest BCUT2D eigenvalue weighted by atomic mass is 32.2. The van der Waals surface area contributed by atoms with Crippen LogP contribution in [-0.2, 0) is 9.59 Å². The van der Waals surface area contributed by atoms with E-state index < -0.39 is 0 Å². The molecule has 0 bridgehead atoms. The van der Waals surface area contributed by atoms with Crippen molar-refractivity contribution in [3.63, 3.8) is 0 Å². The summed E-state index contributed by atoms with van der Waals surface area (Å²) in [6.07, 6.45) is 0. The molecule has 4 rings (SSSR count). The lowest BCUT2D eigenvalue weighted by molar-refractivity contribution is -0.119. The number of imide groups is 1. The molecule has 130 valence electrons. The second-order valence-electron chi connectivity index (χ2n) is 6.29. The molecule has 5 heteroatoms. The van der Waals surface area contributed by atoms with Gasteiger partial charge in [-0.2, -0.15) is 0 Å². The van der Waals surface area contributed by atoms with Crippen LogP contribution in [-0.4, -0.2) is 17.1 Å². The van der Waals surface area contributed by atoms with Crippen molar-refractivity contribution in [3.05, 3.63) is 69.8 Å². The van der Waals surface area contributed by atoms with Gasteiger partial charge in [-0.3, -0.25) is 9.59 Å². The lowest BCUT2D eigenvalue weighted by Crippen LogP contribution is -2.31. The largest absolute Gasteiger partial charge is 0.272 e. The summed E-state index contributed by atoms with van der Waals surface area (Å²) < 4.78 is 0. The van der Waals surface area contributed by atoms with Gasteiger partial charge in [0.25, 0.3) is 11.8 Å². The summed E-state index contributed by atoms with van der Waals surface area (Å²) in [6.45, 7) is 4.06. The van der Waals surface area contributed by atoms with E-state index in [0.29, 0.717) is 16.2 Å². The molecule has 0 saturated heterocycles. The molecular weight excluding hydrogens is 362 g/mol. The Hall–Kier alpha value is -2.37. The van der Waals surface area contributed by atoms with Gasteiger partial charge in [-0.25, -0.2) is 4.90 Å². The van der Waals surface area contributed by atoms with Crippen LogP contribution >= 0.6 is 23.1 Å². The Kier molecular flexibility index (Phi) is 4.42. The van der Waals surface area contributed by atoms with Crippen LogP contribution < -0.4 is 4.90 Å². The molecule has 3 aromatic rings. The lowest BCUT2D eigenvalue weighted by Gasteiger charge is -2.17. The van der Waals surface area contributed by atoms with Crippen molar-refractivity contribution in [1.82, 2.24) is 0 Å². The number of carbonyl (C=O) groups is 2. The highest BCUT2D eigenvalue weighted by Gasteiger charge is 2.41. The SMILES string of the molecule is CC(C)SC1=C(c2cccs2)C(=O)N(c2cccc3ccccc23)C1=O. The summed E-state index contributed by atoms with van der Waals surface area (Å²) in [4.78, 5) is 29.2. The number of thioether (sulfide) groups is 1. The van der Waals surface area contributed by atoms with Crippen molar-refractivity contribution in [1.29, 1.82) is 0 Å². The Bertz CT molecular complexity index is 1030. The average molecular weight is 380 g/mol. The highest BCUT2D eigenvalue weighted by molar-refractivity contribution is 8.04. The zero-order valence-corrected chi connectivity index (χ0v) is 16.1. The zero-order chi connectivity index (χ0) is 18.3. The summed E-state index contributed by atoms with van der Waals surface area (Å²) in [5.41, 5.74) is 1.17. The minimum absolute atomic E-state index is 0.212. The van der Waals surface area contributed by atoms with Crippen LogP contribution in [0.1, 0.15) is 18.7 Å². The zero-order valence-electron chi connectivity index (χ0n) is 14.4. The fourth-order valence-corrected chi connectivity index (χ4v) is 4.93. The molecule has 0 unspecified atom stereocenters. The first-order valence-corrected chi connectivity index (χ1v) is 10.1. The van der Waals surface area contributed by atoms with E-state index in [4.69, 9.17) is 0 Å². The average Bonchev–Trinajstić information content (AvgIpc) is 3.22. The molecule has 1 aromatic heterocycles. The third kappa shape index (κ3) is 2.77. The monoisotopic (exact) mass is 379 g/mol. The smallest absolute Gasteiger partial charge is 0.268 e. The van der Waals surface area contributed by atoms with Gasteiger partial charge < -0.3 is 0 Å². The van der Waals surface area contributed by atoms with Crippen molar-refractivity contribution in [3.8, 4) is 0 Å². The van der Waals surface area contributed by atoms with Gasteiger partial charge in [-0.15, -0.1) is 23.1 Å². The Morgan fingerprint density at radius 3 is 2.42 bits per heavy atom. The second-order valence-corrected chi connectivity index (χ2v) is 8.83. The van der Waals surface area contributed by atoms with E-state index in [0.717, 1.165) is 15.6 Å². The summed E-state index contributed by atoms with van der Waals surface area (Å²) in [5.74, 6) is -0.467. The maximum absolute atomic E-state index is 13.3. The molecule has 0 saturated carbocycles. The molecule has 2 amide bonds. The van der Waals surface area contributed by atoms with Crippen molar-refractivity contribution < 1.29 is 9.59 Å². The quantitative estimate of drug-likeness (QED) is 0.575. The van der Waals surface area contributed by atoms with Gasteiger partial charge in [0.05, 0.1) is 16.2 Å². The van der Waals surface area contributed by atoms with Gasteiger partial charge in [-0.1, -0.05) is 56.3 Å². The number of anilines is 1. The van der Waals surface area contributed by atoms with E-state index in [1.54, 1.807) is 0 Å². The molecule has 1 aliphatic rings. The van der Waals surface area contributed by atoms with Gasteiger partial charge in [0.15, 0.2) is 0 Å². The van der Waals surface area contributed by atoms with Gasteiger partial charge in [0.2, 0.25) is 0 Å². The number of carbonyl (C=O) groups excluding carboxylic acids is 2. The number of nitrogens with zero attached hydrogens (tertiary/aromatic N) is 1. The number of hydrogen-bond acceptors (Lipinski definition) is 4. The maximum atomic E-state index is 13.3. The summed E-state index contributed by atoms with van der Waals surface area (Å²) in [6, 6.07) is 17.3. The van der Waals surface area contributed by atoms with Crippen LogP contribution in [0.3, 0.4) is 0 Å². The van der Waals surface area contributed by atoms with E-state index in [9.17, 15) is 9.59 Å².